The van der Waals surface area contributed by atoms with Crippen molar-refractivity contribution in [3.8, 4) is 0 Å². The van der Waals surface area contributed by atoms with Crippen LogP contribution in [0.15, 0.2) is 18.5 Å². The number of methoxy groups -OCH3 is 1. The third kappa shape index (κ3) is 3.58. The fourth-order valence-corrected chi connectivity index (χ4v) is 1.34. The molecule has 88 valence electrons. The van der Waals surface area contributed by atoms with Crippen LogP contribution < -0.4 is 5.32 Å². The summed E-state index contributed by atoms with van der Waals surface area (Å²) >= 11 is 0. The second-order valence-electron chi connectivity index (χ2n) is 3.79. The lowest BCUT2D eigenvalue weighted by atomic mass is 10.0. The van der Waals surface area contributed by atoms with Gasteiger partial charge in [0.1, 0.15) is 11.9 Å². The Morgan fingerprint density at radius 2 is 2.06 bits per heavy atom. The Kier molecular flexibility index (Phi) is 4.85. The lowest BCUT2D eigenvalue weighted by molar-refractivity contribution is -0.144. The second kappa shape index (κ2) is 6.17. The molecule has 1 N–H and O–H groups in total. The Morgan fingerprint density at radius 3 is 2.56 bits per heavy atom. The summed E-state index contributed by atoms with van der Waals surface area (Å²) in [5.41, 5.74) is 0. The van der Waals surface area contributed by atoms with Gasteiger partial charge in [0.15, 0.2) is 0 Å². The fourth-order valence-electron chi connectivity index (χ4n) is 1.34. The van der Waals surface area contributed by atoms with Crippen LogP contribution in [0.4, 0.5) is 0 Å². The van der Waals surface area contributed by atoms with Crippen molar-refractivity contribution in [1.82, 2.24) is 15.3 Å². The molecule has 0 aliphatic rings. The maximum Gasteiger partial charge on any atom is 0.323 e. The molecule has 5 heteroatoms. The van der Waals surface area contributed by atoms with Crippen LogP contribution in [0.2, 0.25) is 0 Å². The molecule has 1 heterocycles. The molecule has 16 heavy (non-hydrogen) atoms. The molecule has 1 aromatic rings. The van der Waals surface area contributed by atoms with Crippen LogP contribution in [0.3, 0.4) is 0 Å². The first-order valence-electron chi connectivity index (χ1n) is 5.22. The standard InChI is InChI=1S/C11H17N3O2/c1-8(2)10(11(15)16-3)14-7-9-12-5-4-6-13-9/h4-6,8,10,14H,7H2,1-3H3. The molecule has 0 aromatic carbocycles. The molecule has 0 amide bonds. The van der Waals surface area contributed by atoms with E-state index in [4.69, 9.17) is 4.74 Å². The molecule has 0 fully saturated rings. The van der Waals surface area contributed by atoms with Crippen LogP contribution in [0, 0.1) is 5.92 Å². The first-order chi connectivity index (χ1) is 7.65. The number of esters is 1. The number of nitrogens with one attached hydrogen (secondary N) is 1. The minimum absolute atomic E-state index is 0.163. The van der Waals surface area contributed by atoms with Crippen LogP contribution in [-0.2, 0) is 16.1 Å². The molecule has 0 aliphatic carbocycles. The molecule has 0 saturated carbocycles. The second-order valence-corrected chi connectivity index (χ2v) is 3.79. The minimum atomic E-state index is -0.325. The van der Waals surface area contributed by atoms with Gasteiger partial charge >= 0.3 is 5.97 Å². The largest absolute Gasteiger partial charge is 0.468 e. The summed E-state index contributed by atoms with van der Waals surface area (Å²) in [5.74, 6) is 0.569. The maximum atomic E-state index is 11.4. The molecule has 0 spiro atoms. The lowest BCUT2D eigenvalue weighted by Crippen LogP contribution is -2.41. The molecule has 0 saturated heterocycles. The smallest absolute Gasteiger partial charge is 0.323 e. The van der Waals surface area contributed by atoms with E-state index in [1.165, 1.54) is 7.11 Å². The van der Waals surface area contributed by atoms with Crippen molar-refractivity contribution in [3.63, 3.8) is 0 Å². The third-order valence-corrected chi connectivity index (χ3v) is 2.22. The lowest BCUT2D eigenvalue weighted by Gasteiger charge is -2.19. The van der Waals surface area contributed by atoms with Gasteiger partial charge in [0.05, 0.1) is 13.7 Å². The monoisotopic (exact) mass is 223 g/mol. The minimum Gasteiger partial charge on any atom is -0.468 e. The average Bonchev–Trinajstić information content (AvgIpc) is 2.30. The molecule has 1 atom stereocenters. The molecule has 5 nitrogen and oxygen atoms in total. The van der Waals surface area contributed by atoms with E-state index in [0.717, 1.165) is 0 Å². The number of carbonyl (C=O) groups is 1. The van der Waals surface area contributed by atoms with Crippen molar-refractivity contribution >= 4 is 5.97 Å². The Balaban J connectivity index is 2.54. The van der Waals surface area contributed by atoms with E-state index in [0.29, 0.717) is 12.4 Å². The van der Waals surface area contributed by atoms with Crippen molar-refractivity contribution in [1.29, 1.82) is 0 Å². The zero-order valence-corrected chi connectivity index (χ0v) is 9.80. The third-order valence-electron chi connectivity index (χ3n) is 2.22. The van der Waals surface area contributed by atoms with Gasteiger partial charge in [-0.25, -0.2) is 9.97 Å². The highest BCUT2D eigenvalue weighted by atomic mass is 16.5. The number of aromatic nitrogens is 2. The van der Waals surface area contributed by atoms with Gasteiger partial charge in [-0.1, -0.05) is 13.8 Å². The zero-order chi connectivity index (χ0) is 12.0. The molecular weight excluding hydrogens is 206 g/mol. The van der Waals surface area contributed by atoms with Crippen LogP contribution in [0.25, 0.3) is 0 Å². The molecule has 1 rings (SSSR count). The number of hydrogen-bond acceptors (Lipinski definition) is 5. The first kappa shape index (κ1) is 12.6. The Morgan fingerprint density at radius 1 is 1.44 bits per heavy atom. The Hall–Kier alpha value is -1.49. The highest BCUT2D eigenvalue weighted by Gasteiger charge is 2.22. The Bertz CT molecular complexity index is 327. The summed E-state index contributed by atoms with van der Waals surface area (Å²) in [6.45, 7) is 4.37. The topological polar surface area (TPSA) is 64.1 Å². The normalized spacial score (nSPS) is 12.5. The predicted octanol–water partition coefficient (Wildman–Crippen LogP) is 0.764. The maximum absolute atomic E-state index is 11.4. The van der Waals surface area contributed by atoms with E-state index in [1.54, 1.807) is 18.5 Å². The number of ether oxygens (including phenoxy) is 1. The fraction of sp³-hybridized carbons (Fsp3) is 0.545. The SMILES string of the molecule is COC(=O)C(NCc1ncccn1)C(C)C. The van der Waals surface area contributed by atoms with Crippen molar-refractivity contribution in [2.45, 2.75) is 26.4 Å². The molecular formula is C11H17N3O2. The highest BCUT2D eigenvalue weighted by molar-refractivity contribution is 5.75. The van der Waals surface area contributed by atoms with Gasteiger partial charge in [-0.3, -0.25) is 10.1 Å². The van der Waals surface area contributed by atoms with E-state index < -0.39 is 0 Å². The highest BCUT2D eigenvalue weighted by Crippen LogP contribution is 2.04. The number of rotatable bonds is 5. The predicted molar refractivity (Wildman–Crippen MR) is 59.5 cm³/mol. The van der Waals surface area contributed by atoms with Crippen molar-refractivity contribution in [2.75, 3.05) is 7.11 Å². The van der Waals surface area contributed by atoms with Gasteiger partial charge in [-0.15, -0.1) is 0 Å². The Labute approximate surface area is 95.3 Å². The van der Waals surface area contributed by atoms with E-state index >= 15 is 0 Å². The zero-order valence-electron chi connectivity index (χ0n) is 9.80. The van der Waals surface area contributed by atoms with Gasteiger partial charge in [-0.2, -0.15) is 0 Å². The van der Waals surface area contributed by atoms with E-state index in [-0.39, 0.29) is 17.9 Å². The van der Waals surface area contributed by atoms with Crippen LogP contribution in [0.5, 0.6) is 0 Å². The summed E-state index contributed by atoms with van der Waals surface area (Å²) in [5, 5.41) is 3.09. The summed E-state index contributed by atoms with van der Waals surface area (Å²) < 4.78 is 4.72. The number of hydrogen-bond donors (Lipinski definition) is 1. The van der Waals surface area contributed by atoms with Crippen molar-refractivity contribution in [3.05, 3.63) is 24.3 Å². The summed E-state index contributed by atoms with van der Waals surface area (Å²) in [7, 11) is 1.39. The van der Waals surface area contributed by atoms with Crippen molar-refractivity contribution < 1.29 is 9.53 Å². The summed E-state index contributed by atoms with van der Waals surface area (Å²) in [6.07, 6.45) is 3.35. The summed E-state index contributed by atoms with van der Waals surface area (Å²) in [4.78, 5) is 19.6. The number of carbonyl (C=O) groups excluding carboxylic acids is 1. The van der Waals surface area contributed by atoms with Crippen LogP contribution in [0.1, 0.15) is 19.7 Å². The molecule has 0 aliphatic heterocycles. The van der Waals surface area contributed by atoms with Gasteiger partial charge in [0, 0.05) is 12.4 Å². The number of nitrogens with zero attached hydrogens (tertiary/aromatic N) is 2. The van der Waals surface area contributed by atoms with E-state index in [1.807, 2.05) is 13.8 Å². The van der Waals surface area contributed by atoms with Crippen molar-refractivity contribution in [2.24, 2.45) is 5.92 Å². The average molecular weight is 223 g/mol. The van der Waals surface area contributed by atoms with E-state index in [2.05, 4.69) is 15.3 Å². The quantitative estimate of drug-likeness (QED) is 0.747. The molecule has 0 radical (unpaired) electrons. The molecule has 0 bridgehead atoms. The van der Waals surface area contributed by atoms with Crippen LogP contribution in [-0.4, -0.2) is 29.1 Å². The van der Waals surface area contributed by atoms with Gasteiger partial charge < -0.3 is 4.74 Å². The molecule has 1 unspecified atom stereocenters. The van der Waals surface area contributed by atoms with E-state index in [9.17, 15) is 4.79 Å². The van der Waals surface area contributed by atoms with Gasteiger partial charge in [0.2, 0.25) is 0 Å². The molecule has 1 aromatic heterocycles. The first-order valence-corrected chi connectivity index (χ1v) is 5.22. The summed E-state index contributed by atoms with van der Waals surface area (Å²) in [6, 6.07) is 1.43. The van der Waals surface area contributed by atoms with Gasteiger partial charge in [-0.05, 0) is 12.0 Å². The van der Waals surface area contributed by atoms with Gasteiger partial charge in [0.25, 0.3) is 0 Å². The van der Waals surface area contributed by atoms with Crippen LogP contribution >= 0.6 is 0 Å².